The minimum atomic E-state index is -0.269. The number of esters is 1. The SMILES string of the molecule is CCCN(c1ccc(C(=O)OCC)cc1)c1cc2c(cc1C)C(C)(C)CC=C2C(C)C. The molecule has 3 rings (SSSR count). The Hall–Kier alpha value is -2.55. The quantitative estimate of drug-likeness (QED) is 0.437. The molecule has 0 spiro atoms. The molecule has 0 saturated heterocycles. The van der Waals surface area contributed by atoms with E-state index in [1.54, 1.807) is 0 Å². The molecule has 1 aliphatic rings. The molecule has 0 atom stereocenters. The van der Waals surface area contributed by atoms with Crippen molar-refractivity contribution in [2.24, 2.45) is 5.92 Å². The van der Waals surface area contributed by atoms with E-state index in [9.17, 15) is 4.79 Å². The van der Waals surface area contributed by atoms with Gasteiger partial charge in [-0.2, -0.15) is 0 Å². The van der Waals surface area contributed by atoms with E-state index in [-0.39, 0.29) is 11.4 Å². The van der Waals surface area contributed by atoms with Crippen molar-refractivity contribution in [1.29, 1.82) is 0 Å². The molecule has 0 aliphatic heterocycles. The van der Waals surface area contributed by atoms with E-state index < -0.39 is 0 Å². The van der Waals surface area contributed by atoms with Crippen molar-refractivity contribution >= 4 is 22.9 Å². The third-order valence-corrected chi connectivity index (χ3v) is 6.26. The summed E-state index contributed by atoms with van der Waals surface area (Å²) in [6.07, 6.45) is 4.55. The van der Waals surface area contributed by atoms with Crippen molar-refractivity contribution in [2.45, 2.75) is 66.7 Å². The van der Waals surface area contributed by atoms with Crippen LogP contribution < -0.4 is 4.90 Å². The summed E-state index contributed by atoms with van der Waals surface area (Å²) in [4.78, 5) is 14.4. The zero-order chi connectivity index (χ0) is 22.8. The van der Waals surface area contributed by atoms with E-state index in [2.05, 4.69) is 64.7 Å². The second-order valence-electron chi connectivity index (χ2n) is 9.51. The molecule has 166 valence electrons. The normalized spacial score (nSPS) is 14.8. The zero-order valence-corrected chi connectivity index (χ0v) is 20.2. The van der Waals surface area contributed by atoms with E-state index in [0.717, 1.165) is 25.1 Å². The fraction of sp³-hybridized carbons (Fsp3) is 0.464. The second-order valence-corrected chi connectivity index (χ2v) is 9.51. The first-order valence-corrected chi connectivity index (χ1v) is 11.6. The van der Waals surface area contributed by atoms with Crippen LogP contribution in [0.1, 0.15) is 81.4 Å². The van der Waals surface area contributed by atoms with E-state index in [1.807, 2.05) is 31.2 Å². The topological polar surface area (TPSA) is 29.5 Å². The first-order valence-electron chi connectivity index (χ1n) is 11.6. The largest absolute Gasteiger partial charge is 0.462 e. The molecular weight excluding hydrogens is 382 g/mol. The average Bonchev–Trinajstić information content (AvgIpc) is 2.72. The number of carbonyl (C=O) groups excluding carboxylic acids is 1. The van der Waals surface area contributed by atoms with Gasteiger partial charge in [-0.15, -0.1) is 0 Å². The maximum atomic E-state index is 12.1. The van der Waals surface area contributed by atoms with E-state index in [4.69, 9.17) is 4.74 Å². The summed E-state index contributed by atoms with van der Waals surface area (Å²) in [5.41, 5.74) is 8.66. The number of nitrogens with zero attached hydrogens (tertiary/aromatic N) is 1. The Bertz CT molecular complexity index is 967. The van der Waals surface area contributed by atoms with Gasteiger partial charge in [0, 0.05) is 17.9 Å². The molecule has 0 saturated carbocycles. The van der Waals surface area contributed by atoms with E-state index in [1.165, 1.54) is 28.0 Å². The maximum Gasteiger partial charge on any atom is 0.338 e. The van der Waals surface area contributed by atoms with Crippen molar-refractivity contribution in [3.05, 3.63) is 64.7 Å². The predicted molar refractivity (Wildman–Crippen MR) is 131 cm³/mol. The minimum absolute atomic E-state index is 0.147. The number of benzene rings is 2. The summed E-state index contributed by atoms with van der Waals surface area (Å²) in [5.74, 6) is 0.226. The smallest absolute Gasteiger partial charge is 0.338 e. The van der Waals surface area contributed by atoms with Crippen LogP contribution >= 0.6 is 0 Å². The molecule has 1 aliphatic carbocycles. The Morgan fingerprint density at radius 2 is 1.81 bits per heavy atom. The molecule has 0 heterocycles. The summed E-state index contributed by atoms with van der Waals surface area (Å²) in [5, 5.41) is 0. The van der Waals surface area contributed by atoms with Gasteiger partial charge in [-0.05, 0) is 90.6 Å². The number of aryl methyl sites for hydroxylation is 1. The Kier molecular flexibility index (Phi) is 6.93. The number of hydrogen-bond acceptors (Lipinski definition) is 3. The molecule has 0 unspecified atom stereocenters. The molecule has 0 aromatic heterocycles. The standard InChI is InChI=1S/C28H37NO2/c1-8-16-29(22-12-10-21(11-13-22)27(30)31-9-2)26-18-24-23(19(3)4)14-15-28(6,7)25(24)17-20(26)5/h10-14,17-19H,8-9,15-16H2,1-7H3. The summed E-state index contributed by atoms with van der Waals surface area (Å²) in [6.45, 7) is 16.8. The third kappa shape index (κ3) is 4.71. The summed E-state index contributed by atoms with van der Waals surface area (Å²) >= 11 is 0. The third-order valence-electron chi connectivity index (χ3n) is 6.26. The Labute approximate surface area is 188 Å². The molecule has 0 bridgehead atoms. The maximum absolute atomic E-state index is 12.1. The minimum Gasteiger partial charge on any atom is -0.462 e. The van der Waals surface area contributed by atoms with Crippen LogP contribution in [0.15, 0.2) is 42.5 Å². The number of ether oxygens (including phenoxy) is 1. The second kappa shape index (κ2) is 9.30. The fourth-order valence-corrected chi connectivity index (χ4v) is 4.52. The van der Waals surface area contributed by atoms with Crippen molar-refractivity contribution in [2.75, 3.05) is 18.1 Å². The number of rotatable bonds is 7. The Balaban J connectivity index is 2.07. The highest BCUT2D eigenvalue weighted by atomic mass is 16.5. The van der Waals surface area contributed by atoms with Crippen LogP contribution in [0.5, 0.6) is 0 Å². The van der Waals surface area contributed by atoms with Gasteiger partial charge in [0.2, 0.25) is 0 Å². The van der Waals surface area contributed by atoms with Crippen LogP contribution in [0.3, 0.4) is 0 Å². The monoisotopic (exact) mass is 419 g/mol. The van der Waals surface area contributed by atoms with Crippen LogP contribution in [-0.2, 0) is 10.2 Å². The van der Waals surface area contributed by atoms with Gasteiger partial charge in [-0.3, -0.25) is 0 Å². The van der Waals surface area contributed by atoms with Crippen LogP contribution in [0, 0.1) is 12.8 Å². The summed E-state index contributed by atoms with van der Waals surface area (Å²) in [7, 11) is 0. The van der Waals surface area contributed by atoms with E-state index >= 15 is 0 Å². The fourth-order valence-electron chi connectivity index (χ4n) is 4.52. The molecule has 0 N–H and O–H groups in total. The van der Waals surface area contributed by atoms with Crippen LogP contribution in [0.4, 0.5) is 11.4 Å². The number of allylic oxidation sites excluding steroid dienone is 2. The van der Waals surface area contributed by atoms with E-state index in [0.29, 0.717) is 18.1 Å². The predicted octanol–water partition coefficient (Wildman–Crippen LogP) is 7.44. The van der Waals surface area contributed by atoms with Gasteiger partial charge in [-0.1, -0.05) is 46.8 Å². The molecular formula is C28H37NO2. The summed E-state index contributed by atoms with van der Waals surface area (Å²) in [6, 6.07) is 12.6. The number of hydrogen-bond donors (Lipinski definition) is 0. The highest BCUT2D eigenvalue weighted by Crippen LogP contribution is 2.44. The van der Waals surface area contributed by atoms with Gasteiger partial charge in [0.1, 0.15) is 0 Å². The zero-order valence-electron chi connectivity index (χ0n) is 20.2. The van der Waals surface area contributed by atoms with Gasteiger partial charge in [0.05, 0.1) is 12.2 Å². The molecule has 31 heavy (non-hydrogen) atoms. The van der Waals surface area contributed by atoms with Gasteiger partial charge < -0.3 is 9.64 Å². The summed E-state index contributed by atoms with van der Waals surface area (Å²) < 4.78 is 5.14. The lowest BCUT2D eigenvalue weighted by molar-refractivity contribution is 0.0526. The molecule has 3 nitrogen and oxygen atoms in total. The van der Waals surface area contributed by atoms with Crippen molar-refractivity contribution in [3.8, 4) is 0 Å². The Morgan fingerprint density at radius 1 is 1.13 bits per heavy atom. The van der Waals surface area contributed by atoms with Crippen LogP contribution in [-0.4, -0.2) is 19.1 Å². The molecule has 0 fully saturated rings. The van der Waals surface area contributed by atoms with Crippen LogP contribution in [0.25, 0.3) is 5.57 Å². The van der Waals surface area contributed by atoms with Gasteiger partial charge in [0.25, 0.3) is 0 Å². The van der Waals surface area contributed by atoms with Crippen molar-refractivity contribution < 1.29 is 9.53 Å². The molecule has 2 aromatic rings. The Morgan fingerprint density at radius 3 is 2.39 bits per heavy atom. The number of fused-ring (bicyclic) bond motifs is 1. The lowest BCUT2D eigenvalue weighted by atomic mass is 9.71. The molecule has 3 heteroatoms. The lowest BCUT2D eigenvalue weighted by Gasteiger charge is -2.36. The van der Waals surface area contributed by atoms with Crippen LogP contribution in [0.2, 0.25) is 0 Å². The number of anilines is 2. The molecule has 0 amide bonds. The first-order chi connectivity index (χ1) is 14.7. The van der Waals surface area contributed by atoms with Gasteiger partial charge in [0.15, 0.2) is 0 Å². The van der Waals surface area contributed by atoms with Gasteiger partial charge in [-0.25, -0.2) is 4.79 Å². The lowest BCUT2D eigenvalue weighted by Crippen LogP contribution is -2.25. The highest BCUT2D eigenvalue weighted by Gasteiger charge is 2.30. The average molecular weight is 420 g/mol. The molecule has 0 radical (unpaired) electrons. The first kappa shape index (κ1) is 23.1. The highest BCUT2D eigenvalue weighted by molar-refractivity contribution is 5.90. The molecule has 2 aromatic carbocycles. The van der Waals surface area contributed by atoms with Crippen molar-refractivity contribution in [1.82, 2.24) is 0 Å². The van der Waals surface area contributed by atoms with Crippen molar-refractivity contribution in [3.63, 3.8) is 0 Å². The number of carbonyl (C=O) groups is 1. The van der Waals surface area contributed by atoms with Gasteiger partial charge >= 0.3 is 5.97 Å².